The Balaban J connectivity index is 1.65. The van der Waals surface area contributed by atoms with Gasteiger partial charge in [-0.25, -0.2) is 0 Å². The predicted octanol–water partition coefficient (Wildman–Crippen LogP) is 7.51. The molecule has 4 aromatic rings. The number of fused-ring (bicyclic) bond motifs is 1. The summed E-state index contributed by atoms with van der Waals surface area (Å²) in [6, 6.07) is 42.8. The van der Waals surface area contributed by atoms with Crippen molar-refractivity contribution in [2.75, 3.05) is 0 Å². The first-order valence-electron chi connectivity index (χ1n) is 11.2. The van der Waals surface area contributed by atoms with E-state index in [1.165, 1.54) is 34.8 Å². The van der Waals surface area contributed by atoms with Crippen molar-refractivity contribution in [1.29, 1.82) is 0 Å². The molecule has 1 atom stereocenters. The first kappa shape index (κ1) is 20.4. The molecule has 0 saturated carbocycles. The first-order valence-corrected chi connectivity index (χ1v) is 20.9. The number of hydrogen-bond donors (Lipinski definition) is 0. The van der Waals surface area contributed by atoms with Gasteiger partial charge in [0, 0.05) is 0 Å². The summed E-state index contributed by atoms with van der Waals surface area (Å²) >= 11 is -3.11. The molecule has 1 heteroatoms. The molecule has 0 N–H and O–H groups in total. The van der Waals surface area contributed by atoms with Crippen molar-refractivity contribution in [2.45, 2.75) is 16.2 Å². The Morgan fingerprint density at radius 3 is 1.39 bits per heavy atom. The molecule has 0 aromatic heterocycles. The van der Waals surface area contributed by atoms with Gasteiger partial charge in [0.05, 0.1) is 0 Å². The zero-order chi connectivity index (χ0) is 20.9. The Kier molecular flexibility index (Phi) is 6.13. The molecule has 0 nitrogen and oxygen atoms in total. The van der Waals surface area contributed by atoms with E-state index in [1.807, 2.05) is 0 Å². The van der Waals surface area contributed by atoms with Gasteiger partial charge in [0.25, 0.3) is 0 Å². The molecule has 0 bridgehead atoms. The Labute approximate surface area is 190 Å². The third-order valence-electron chi connectivity index (χ3n) is 6.66. The third-order valence-corrected chi connectivity index (χ3v) is 25.2. The second-order valence-electron chi connectivity index (χ2n) is 8.82. The van der Waals surface area contributed by atoms with E-state index >= 15 is 0 Å². The molecule has 5 rings (SSSR count). The minimum absolute atomic E-state index is 0.601. The summed E-state index contributed by atoms with van der Waals surface area (Å²) in [4.78, 5) is 0. The average molecular weight is 567 g/mol. The summed E-state index contributed by atoms with van der Waals surface area (Å²) in [5, 5.41) is 0. The van der Waals surface area contributed by atoms with Gasteiger partial charge in [0.1, 0.15) is 0 Å². The molecule has 0 fully saturated rings. The fraction of sp³-hybridized carbons (Fsp3) is 0.133. The van der Waals surface area contributed by atoms with Crippen LogP contribution in [0.1, 0.15) is 31.5 Å². The molecular weight excluding hydrogens is 539 g/mol. The molecule has 4 aromatic carbocycles. The van der Waals surface area contributed by atoms with Crippen molar-refractivity contribution in [3.05, 3.63) is 149 Å². The van der Waals surface area contributed by atoms with Crippen LogP contribution in [0.4, 0.5) is 0 Å². The number of rotatable bonds is 7. The standard InChI is InChI=1S/C9H7.3C7H7.Hf/c1-2-5-9-7-3-6-8(9)4-1;3*1-7-5-3-2-4-6-7;/h1-7H;3*2-6H,1H2;. The van der Waals surface area contributed by atoms with E-state index in [1.54, 1.807) is 5.56 Å². The maximum atomic E-state index is 2.56. The number of hydrogen-bond acceptors (Lipinski definition) is 0. The van der Waals surface area contributed by atoms with Crippen LogP contribution in [0.25, 0.3) is 6.08 Å². The van der Waals surface area contributed by atoms with Crippen molar-refractivity contribution in [3.8, 4) is 0 Å². The fourth-order valence-corrected chi connectivity index (χ4v) is 25.5. The monoisotopic (exact) mass is 568 g/mol. The van der Waals surface area contributed by atoms with Crippen LogP contribution in [0.5, 0.6) is 0 Å². The van der Waals surface area contributed by atoms with E-state index < -0.39 is 20.0 Å². The van der Waals surface area contributed by atoms with Gasteiger partial charge >= 0.3 is 191 Å². The van der Waals surface area contributed by atoms with Gasteiger partial charge in [-0.3, -0.25) is 0 Å². The predicted molar refractivity (Wildman–Crippen MR) is 129 cm³/mol. The molecule has 0 saturated heterocycles. The average Bonchev–Trinajstić information content (AvgIpc) is 3.26. The quantitative estimate of drug-likeness (QED) is 0.203. The van der Waals surface area contributed by atoms with Crippen LogP contribution in [0, 0.1) is 0 Å². The molecule has 0 radical (unpaired) electrons. The normalized spacial score (nSPS) is 15.0. The Hall–Kier alpha value is -2.51. The molecule has 0 spiro atoms. The minimum atomic E-state index is -3.11. The summed E-state index contributed by atoms with van der Waals surface area (Å²) < 4.78 is 4.40. The van der Waals surface area contributed by atoms with Crippen LogP contribution in [-0.4, -0.2) is 0 Å². The zero-order valence-corrected chi connectivity index (χ0v) is 21.4. The molecule has 31 heavy (non-hydrogen) atoms. The van der Waals surface area contributed by atoms with Gasteiger partial charge in [-0.2, -0.15) is 0 Å². The van der Waals surface area contributed by atoms with Gasteiger partial charge in [-0.15, -0.1) is 0 Å². The summed E-state index contributed by atoms with van der Waals surface area (Å²) in [7, 11) is 0. The van der Waals surface area contributed by atoms with Crippen molar-refractivity contribution in [2.24, 2.45) is 0 Å². The summed E-state index contributed by atoms with van der Waals surface area (Å²) in [5.74, 6) is 0. The van der Waals surface area contributed by atoms with Gasteiger partial charge in [-0.05, 0) is 0 Å². The van der Waals surface area contributed by atoms with Crippen molar-refractivity contribution in [3.63, 3.8) is 0 Å². The SMILES string of the molecule is C1=C[CH]([Hf]([CH2]c2ccccc2)([CH2]c2ccccc2)[CH2]c2ccccc2)c2ccccc21. The van der Waals surface area contributed by atoms with Crippen molar-refractivity contribution in [1.82, 2.24) is 0 Å². The van der Waals surface area contributed by atoms with Crippen molar-refractivity contribution >= 4 is 6.08 Å². The fourth-order valence-electron chi connectivity index (χ4n) is 5.31. The van der Waals surface area contributed by atoms with Crippen molar-refractivity contribution < 1.29 is 20.0 Å². The van der Waals surface area contributed by atoms with E-state index in [0.29, 0.717) is 3.67 Å². The van der Waals surface area contributed by atoms with Crippen LogP contribution in [0.2, 0.25) is 0 Å². The topological polar surface area (TPSA) is 0 Å². The maximum absolute atomic E-state index is 3.11. The van der Waals surface area contributed by atoms with Gasteiger partial charge in [-0.1, -0.05) is 0 Å². The summed E-state index contributed by atoms with van der Waals surface area (Å²) in [6.45, 7) is 0. The van der Waals surface area contributed by atoms with E-state index in [0.717, 1.165) is 0 Å². The van der Waals surface area contributed by atoms with Crippen LogP contribution in [-0.2, 0) is 32.5 Å². The van der Waals surface area contributed by atoms with Gasteiger partial charge in [0.15, 0.2) is 0 Å². The Bertz CT molecular complexity index is 1050. The zero-order valence-electron chi connectivity index (χ0n) is 17.8. The van der Waals surface area contributed by atoms with E-state index in [9.17, 15) is 0 Å². The molecule has 0 aliphatic heterocycles. The molecule has 152 valence electrons. The number of benzene rings is 4. The van der Waals surface area contributed by atoms with E-state index in [2.05, 4.69) is 127 Å². The van der Waals surface area contributed by atoms with Crippen LogP contribution >= 0.6 is 0 Å². The molecule has 0 amide bonds. The van der Waals surface area contributed by atoms with Crippen LogP contribution < -0.4 is 0 Å². The van der Waals surface area contributed by atoms with E-state index in [4.69, 9.17) is 0 Å². The molecule has 1 aliphatic carbocycles. The first-order chi connectivity index (χ1) is 15.3. The summed E-state index contributed by atoms with van der Waals surface area (Å²) in [6.07, 6.45) is 4.94. The molecule has 1 unspecified atom stereocenters. The van der Waals surface area contributed by atoms with Gasteiger partial charge in [0.2, 0.25) is 0 Å². The van der Waals surface area contributed by atoms with Gasteiger partial charge < -0.3 is 0 Å². The second-order valence-corrected chi connectivity index (χ2v) is 24.6. The Morgan fingerprint density at radius 1 is 0.484 bits per heavy atom. The Morgan fingerprint density at radius 2 is 0.903 bits per heavy atom. The third kappa shape index (κ3) is 4.57. The molecular formula is C30H28Hf. The number of allylic oxidation sites excluding steroid dienone is 1. The molecule has 1 aliphatic rings. The molecule has 0 heterocycles. The van der Waals surface area contributed by atoms with Crippen LogP contribution in [0.15, 0.2) is 121 Å². The summed E-state index contributed by atoms with van der Waals surface area (Å²) in [5.41, 5.74) is 7.51. The second kappa shape index (κ2) is 9.32. The van der Waals surface area contributed by atoms with E-state index in [-0.39, 0.29) is 0 Å². The van der Waals surface area contributed by atoms with Crippen LogP contribution in [0.3, 0.4) is 0 Å².